The van der Waals surface area contributed by atoms with E-state index in [0.717, 1.165) is 71.4 Å². The molecular formula is C42H34O6. The minimum atomic E-state index is -0.634. The summed E-state index contributed by atoms with van der Waals surface area (Å²) in [4.78, 5) is 27.8. The van der Waals surface area contributed by atoms with E-state index < -0.39 is 11.9 Å². The number of hydrogen-bond acceptors (Lipinski definition) is 6. The molecule has 48 heavy (non-hydrogen) atoms. The molecule has 0 aliphatic heterocycles. The van der Waals surface area contributed by atoms with Crippen LogP contribution in [0.5, 0.6) is 11.5 Å². The van der Waals surface area contributed by atoms with E-state index in [1.54, 1.807) is 14.2 Å². The van der Waals surface area contributed by atoms with Crippen molar-refractivity contribution < 1.29 is 28.5 Å². The Kier molecular flexibility index (Phi) is 7.72. The van der Waals surface area contributed by atoms with Gasteiger partial charge in [0, 0.05) is 21.9 Å². The first kappa shape index (κ1) is 30.8. The molecule has 0 N–H and O–H groups in total. The number of fused-ring (bicyclic) bond motifs is 5. The summed E-state index contributed by atoms with van der Waals surface area (Å²) in [5.41, 5.74) is 5.50. The molecule has 0 amide bonds. The van der Waals surface area contributed by atoms with E-state index in [2.05, 4.69) is 24.3 Å². The van der Waals surface area contributed by atoms with Gasteiger partial charge in [0.15, 0.2) is 0 Å². The highest BCUT2D eigenvalue weighted by Gasteiger charge is 2.30. The second kappa shape index (κ2) is 12.0. The summed E-state index contributed by atoms with van der Waals surface area (Å²) in [7, 11) is 5.96. The monoisotopic (exact) mass is 634 g/mol. The van der Waals surface area contributed by atoms with Crippen LogP contribution >= 0.6 is 0 Å². The zero-order valence-electron chi connectivity index (χ0n) is 27.7. The fraction of sp³-hybridized carbons (Fsp3) is 0.143. The van der Waals surface area contributed by atoms with Gasteiger partial charge in [-0.15, -0.1) is 0 Å². The molecule has 0 saturated heterocycles. The van der Waals surface area contributed by atoms with Crippen LogP contribution in [0, 0.1) is 13.8 Å². The molecule has 0 fully saturated rings. The van der Waals surface area contributed by atoms with Crippen molar-refractivity contribution in [2.75, 3.05) is 28.4 Å². The molecule has 6 nitrogen and oxygen atoms in total. The molecule has 238 valence electrons. The number of rotatable bonds is 6. The summed E-state index contributed by atoms with van der Waals surface area (Å²) >= 11 is 0. The molecule has 0 spiro atoms. The van der Waals surface area contributed by atoms with Crippen LogP contribution in [0.25, 0.3) is 65.3 Å². The Morgan fingerprint density at radius 3 is 1.62 bits per heavy atom. The number of carbonyl (C=O) groups excluding carboxylic acids is 2. The molecular weight excluding hydrogens is 600 g/mol. The molecule has 7 aromatic rings. The molecule has 0 aliphatic rings. The van der Waals surface area contributed by atoms with Gasteiger partial charge in [0.1, 0.15) is 11.5 Å². The standard InChI is InChI=1S/C42H34O6/c1-23-19-30-31-22-27(36-28-13-9-7-11-25(28)15-17-33(36)45-3)21-24(2)35(31)39(41(43)47-5)40(42(44)48-6)38(30)32(20-23)37-29-14-10-8-12-26(29)16-18-34(37)46-4/h7-22H,1-6H3. The lowest BCUT2D eigenvalue weighted by Gasteiger charge is -2.22. The Labute approximate surface area is 278 Å². The summed E-state index contributed by atoms with van der Waals surface area (Å²) in [5, 5.41) is 6.88. The van der Waals surface area contributed by atoms with Gasteiger partial charge >= 0.3 is 11.9 Å². The quantitative estimate of drug-likeness (QED) is 0.134. The van der Waals surface area contributed by atoms with Crippen molar-refractivity contribution >= 4 is 55.0 Å². The number of hydrogen-bond donors (Lipinski definition) is 0. The van der Waals surface area contributed by atoms with Gasteiger partial charge in [0.05, 0.1) is 39.6 Å². The van der Waals surface area contributed by atoms with E-state index in [-0.39, 0.29) is 11.1 Å². The maximum atomic E-state index is 14.0. The highest BCUT2D eigenvalue weighted by atomic mass is 16.5. The fourth-order valence-electron chi connectivity index (χ4n) is 7.22. The van der Waals surface area contributed by atoms with Crippen LogP contribution < -0.4 is 9.47 Å². The van der Waals surface area contributed by atoms with Crippen molar-refractivity contribution in [2.24, 2.45) is 0 Å². The van der Waals surface area contributed by atoms with Crippen molar-refractivity contribution in [1.82, 2.24) is 0 Å². The molecule has 7 rings (SSSR count). The lowest BCUT2D eigenvalue weighted by Crippen LogP contribution is -2.15. The molecule has 7 aromatic carbocycles. The minimum Gasteiger partial charge on any atom is -0.496 e. The summed E-state index contributed by atoms with van der Waals surface area (Å²) in [5.74, 6) is 0.109. The first-order valence-electron chi connectivity index (χ1n) is 15.6. The van der Waals surface area contributed by atoms with Gasteiger partial charge in [-0.2, -0.15) is 0 Å². The number of aryl methyl sites for hydroxylation is 2. The van der Waals surface area contributed by atoms with E-state index in [4.69, 9.17) is 18.9 Å². The van der Waals surface area contributed by atoms with Gasteiger partial charge in [-0.25, -0.2) is 9.59 Å². The minimum absolute atomic E-state index is 0.149. The maximum absolute atomic E-state index is 14.0. The van der Waals surface area contributed by atoms with Gasteiger partial charge in [0.2, 0.25) is 0 Å². The predicted molar refractivity (Wildman–Crippen MR) is 193 cm³/mol. The average molecular weight is 635 g/mol. The smallest absolute Gasteiger partial charge is 0.339 e. The Bertz CT molecular complexity index is 2460. The summed E-state index contributed by atoms with van der Waals surface area (Å²) < 4.78 is 22.7. The normalized spacial score (nSPS) is 11.3. The van der Waals surface area contributed by atoms with Crippen LogP contribution in [0.4, 0.5) is 0 Å². The first-order chi connectivity index (χ1) is 23.3. The average Bonchev–Trinajstić information content (AvgIpc) is 3.12. The molecule has 0 bridgehead atoms. The Morgan fingerprint density at radius 2 is 1.04 bits per heavy atom. The van der Waals surface area contributed by atoms with Crippen LogP contribution in [0.3, 0.4) is 0 Å². The van der Waals surface area contributed by atoms with E-state index in [1.165, 1.54) is 14.2 Å². The first-order valence-corrected chi connectivity index (χ1v) is 15.6. The van der Waals surface area contributed by atoms with E-state index in [9.17, 15) is 9.59 Å². The lowest BCUT2D eigenvalue weighted by molar-refractivity contribution is 0.0559. The van der Waals surface area contributed by atoms with Crippen molar-refractivity contribution in [1.29, 1.82) is 0 Å². The number of ether oxygens (including phenoxy) is 4. The van der Waals surface area contributed by atoms with Crippen LogP contribution in [0.15, 0.2) is 97.1 Å². The third-order valence-corrected chi connectivity index (χ3v) is 9.22. The zero-order chi connectivity index (χ0) is 33.7. The van der Waals surface area contributed by atoms with Crippen molar-refractivity contribution in [3.8, 4) is 33.8 Å². The van der Waals surface area contributed by atoms with E-state index in [1.807, 2.05) is 86.6 Å². The number of esters is 2. The second-order valence-corrected chi connectivity index (χ2v) is 11.9. The third kappa shape index (κ3) is 4.71. The number of benzene rings is 7. The lowest BCUT2D eigenvalue weighted by atomic mass is 9.82. The highest BCUT2D eigenvalue weighted by molar-refractivity contribution is 6.29. The maximum Gasteiger partial charge on any atom is 0.339 e. The van der Waals surface area contributed by atoms with Crippen LogP contribution in [0.2, 0.25) is 0 Å². The Morgan fingerprint density at radius 1 is 0.521 bits per heavy atom. The van der Waals surface area contributed by atoms with Gasteiger partial charge in [-0.05, 0) is 86.6 Å². The van der Waals surface area contributed by atoms with Crippen molar-refractivity contribution in [3.63, 3.8) is 0 Å². The Balaban J connectivity index is 1.75. The zero-order valence-corrected chi connectivity index (χ0v) is 27.7. The summed E-state index contributed by atoms with van der Waals surface area (Å²) in [6.07, 6.45) is 0. The summed E-state index contributed by atoms with van der Waals surface area (Å²) in [6.45, 7) is 3.98. The van der Waals surface area contributed by atoms with Gasteiger partial charge in [-0.1, -0.05) is 78.9 Å². The van der Waals surface area contributed by atoms with Gasteiger partial charge in [-0.3, -0.25) is 0 Å². The Hall–Kier alpha value is -5.88. The molecule has 0 unspecified atom stereocenters. The van der Waals surface area contributed by atoms with Crippen LogP contribution in [-0.4, -0.2) is 40.4 Å². The van der Waals surface area contributed by atoms with Crippen molar-refractivity contribution in [3.05, 3.63) is 119 Å². The highest BCUT2D eigenvalue weighted by Crippen LogP contribution is 2.47. The van der Waals surface area contributed by atoms with Gasteiger partial charge in [0.25, 0.3) is 0 Å². The van der Waals surface area contributed by atoms with E-state index in [0.29, 0.717) is 16.5 Å². The third-order valence-electron chi connectivity index (χ3n) is 9.22. The molecule has 0 radical (unpaired) electrons. The van der Waals surface area contributed by atoms with Crippen molar-refractivity contribution in [2.45, 2.75) is 13.8 Å². The summed E-state index contributed by atoms with van der Waals surface area (Å²) in [6, 6.07) is 32.4. The fourth-order valence-corrected chi connectivity index (χ4v) is 7.22. The molecule has 0 atom stereocenters. The predicted octanol–water partition coefficient (Wildman–Crippen LogP) is 9.84. The topological polar surface area (TPSA) is 71.1 Å². The number of methoxy groups -OCH3 is 4. The molecule has 6 heteroatoms. The van der Waals surface area contributed by atoms with Crippen LogP contribution in [0.1, 0.15) is 31.8 Å². The SMILES string of the molecule is COC(=O)c1c(C(=O)OC)c2c(-c3c(OC)ccc4ccccc34)cc(C)cc2c2cc(-c3c(OC)ccc4ccccc34)cc(C)c12. The second-order valence-electron chi connectivity index (χ2n) is 11.9. The molecule has 0 aliphatic carbocycles. The molecule has 0 heterocycles. The number of carbonyl (C=O) groups is 2. The molecule has 0 aromatic heterocycles. The van der Waals surface area contributed by atoms with Crippen LogP contribution in [-0.2, 0) is 9.47 Å². The largest absolute Gasteiger partial charge is 0.496 e. The molecule has 0 saturated carbocycles. The van der Waals surface area contributed by atoms with Gasteiger partial charge < -0.3 is 18.9 Å². The van der Waals surface area contributed by atoms with E-state index >= 15 is 0 Å².